The number of aromatic nitrogens is 3. The summed E-state index contributed by atoms with van der Waals surface area (Å²) in [5.41, 5.74) is 2.01. The molecule has 1 aromatic carbocycles. The number of aliphatic hydroxyl groups is 1. The summed E-state index contributed by atoms with van der Waals surface area (Å²) in [5, 5.41) is 13.7. The molecule has 22 heavy (non-hydrogen) atoms. The zero-order chi connectivity index (χ0) is 15.4. The zero-order valence-electron chi connectivity index (χ0n) is 12.6. The number of fused-ring (bicyclic) bond motifs is 1. The van der Waals surface area contributed by atoms with E-state index in [-0.39, 0.29) is 6.04 Å². The fourth-order valence-electron chi connectivity index (χ4n) is 2.52. The molecule has 0 aliphatic rings. The average Bonchev–Trinajstić information content (AvgIpc) is 2.97. The van der Waals surface area contributed by atoms with Gasteiger partial charge >= 0.3 is 0 Å². The highest BCUT2D eigenvalue weighted by Crippen LogP contribution is 2.17. The number of rotatable bonds is 6. The summed E-state index contributed by atoms with van der Waals surface area (Å²) in [6.45, 7) is 2.77. The van der Waals surface area contributed by atoms with Crippen LogP contribution in [0.2, 0.25) is 0 Å². The molecular weight excluding hydrogens is 276 g/mol. The SMILES string of the molecule is CC(CC(O)c1ccccc1)NCc1cnc2ncccn12. The van der Waals surface area contributed by atoms with Crippen molar-refractivity contribution in [2.24, 2.45) is 0 Å². The fourth-order valence-corrected chi connectivity index (χ4v) is 2.52. The molecule has 0 aliphatic heterocycles. The highest BCUT2D eigenvalue weighted by atomic mass is 16.3. The second-order valence-electron chi connectivity index (χ2n) is 5.48. The molecule has 0 saturated heterocycles. The highest BCUT2D eigenvalue weighted by molar-refractivity contribution is 5.30. The van der Waals surface area contributed by atoms with E-state index in [0.717, 1.165) is 11.3 Å². The van der Waals surface area contributed by atoms with Gasteiger partial charge in [0, 0.05) is 25.0 Å². The molecule has 3 rings (SSSR count). The van der Waals surface area contributed by atoms with Crippen molar-refractivity contribution in [3.8, 4) is 0 Å². The van der Waals surface area contributed by atoms with E-state index in [1.165, 1.54) is 0 Å². The molecule has 0 aliphatic carbocycles. The number of imidazole rings is 1. The first-order chi connectivity index (χ1) is 10.7. The quantitative estimate of drug-likeness (QED) is 0.733. The maximum Gasteiger partial charge on any atom is 0.233 e. The lowest BCUT2D eigenvalue weighted by Gasteiger charge is -2.18. The number of benzene rings is 1. The van der Waals surface area contributed by atoms with Gasteiger partial charge < -0.3 is 10.4 Å². The average molecular weight is 296 g/mol. The van der Waals surface area contributed by atoms with Crippen LogP contribution in [0.1, 0.15) is 30.7 Å². The number of aliphatic hydroxyl groups excluding tert-OH is 1. The molecule has 2 N–H and O–H groups in total. The van der Waals surface area contributed by atoms with Gasteiger partial charge in [-0.2, -0.15) is 0 Å². The van der Waals surface area contributed by atoms with Gasteiger partial charge in [-0.05, 0) is 25.0 Å². The molecule has 0 saturated carbocycles. The van der Waals surface area contributed by atoms with Crippen LogP contribution in [-0.2, 0) is 6.54 Å². The van der Waals surface area contributed by atoms with Crippen molar-refractivity contribution in [1.82, 2.24) is 19.7 Å². The normalized spacial score (nSPS) is 14.1. The van der Waals surface area contributed by atoms with Gasteiger partial charge in [0.25, 0.3) is 0 Å². The molecule has 5 heteroatoms. The summed E-state index contributed by atoms with van der Waals surface area (Å²) in [5.74, 6) is 0.705. The Morgan fingerprint density at radius 2 is 2.00 bits per heavy atom. The van der Waals surface area contributed by atoms with Crippen LogP contribution in [0.4, 0.5) is 0 Å². The first-order valence-corrected chi connectivity index (χ1v) is 7.47. The lowest BCUT2D eigenvalue weighted by molar-refractivity contribution is 0.153. The zero-order valence-corrected chi connectivity index (χ0v) is 12.6. The Hall–Kier alpha value is -2.24. The third-order valence-corrected chi connectivity index (χ3v) is 3.76. The topological polar surface area (TPSA) is 62.5 Å². The van der Waals surface area contributed by atoms with Crippen molar-refractivity contribution in [2.45, 2.75) is 32.0 Å². The smallest absolute Gasteiger partial charge is 0.233 e. The van der Waals surface area contributed by atoms with Gasteiger partial charge in [-0.3, -0.25) is 4.40 Å². The number of hydrogen-bond acceptors (Lipinski definition) is 4. The van der Waals surface area contributed by atoms with Gasteiger partial charge in [0.2, 0.25) is 5.78 Å². The predicted molar refractivity (Wildman–Crippen MR) is 85.3 cm³/mol. The van der Waals surface area contributed by atoms with Crippen LogP contribution < -0.4 is 5.32 Å². The monoisotopic (exact) mass is 296 g/mol. The Kier molecular flexibility index (Phi) is 4.46. The van der Waals surface area contributed by atoms with E-state index in [1.54, 1.807) is 6.20 Å². The van der Waals surface area contributed by atoms with Crippen molar-refractivity contribution >= 4 is 5.78 Å². The van der Waals surface area contributed by atoms with Crippen LogP contribution >= 0.6 is 0 Å². The molecule has 5 nitrogen and oxygen atoms in total. The van der Waals surface area contributed by atoms with Crippen molar-refractivity contribution < 1.29 is 5.11 Å². The number of hydrogen-bond donors (Lipinski definition) is 2. The number of nitrogens with zero attached hydrogens (tertiary/aromatic N) is 3. The molecule has 0 amide bonds. The van der Waals surface area contributed by atoms with Gasteiger partial charge in [0.1, 0.15) is 0 Å². The van der Waals surface area contributed by atoms with Crippen molar-refractivity contribution in [2.75, 3.05) is 0 Å². The van der Waals surface area contributed by atoms with Crippen molar-refractivity contribution in [3.63, 3.8) is 0 Å². The molecule has 2 heterocycles. The molecule has 3 aromatic rings. The van der Waals surface area contributed by atoms with Crippen LogP contribution in [0, 0.1) is 0 Å². The minimum Gasteiger partial charge on any atom is -0.388 e. The Morgan fingerprint density at radius 3 is 2.82 bits per heavy atom. The third-order valence-electron chi connectivity index (χ3n) is 3.76. The Labute approximate surface area is 129 Å². The molecule has 2 unspecified atom stereocenters. The van der Waals surface area contributed by atoms with Crippen molar-refractivity contribution in [1.29, 1.82) is 0 Å². The molecule has 114 valence electrons. The molecule has 0 spiro atoms. The van der Waals surface area contributed by atoms with E-state index in [9.17, 15) is 5.11 Å². The summed E-state index contributed by atoms with van der Waals surface area (Å²) in [6, 6.07) is 11.8. The van der Waals surface area contributed by atoms with E-state index in [4.69, 9.17) is 0 Å². The van der Waals surface area contributed by atoms with E-state index in [2.05, 4.69) is 22.2 Å². The summed E-state index contributed by atoms with van der Waals surface area (Å²) < 4.78 is 1.97. The van der Waals surface area contributed by atoms with Crippen LogP contribution in [0.25, 0.3) is 5.78 Å². The lowest BCUT2D eigenvalue weighted by Crippen LogP contribution is -2.27. The Bertz CT molecular complexity index is 726. The second-order valence-corrected chi connectivity index (χ2v) is 5.48. The van der Waals surface area contributed by atoms with Gasteiger partial charge in [0.05, 0.1) is 18.0 Å². The first kappa shape index (κ1) is 14.7. The third kappa shape index (κ3) is 3.32. The van der Waals surface area contributed by atoms with Gasteiger partial charge in [-0.1, -0.05) is 30.3 Å². The number of nitrogens with one attached hydrogen (secondary N) is 1. The van der Waals surface area contributed by atoms with Gasteiger partial charge in [-0.25, -0.2) is 9.97 Å². The fraction of sp³-hybridized carbons (Fsp3) is 0.294. The van der Waals surface area contributed by atoms with Crippen LogP contribution in [0.15, 0.2) is 55.0 Å². The molecule has 0 bridgehead atoms. The van der Waals surface area contributed by atoms with Gasteiger partial charge in [-0.15, -0.1) is 0 Å². The van der Waals surface area contributed by atoms with Crippen molar-refractivity contribution in [3.05, 3.63) is 66.2 Å². The van der Waals surface area contributed by atoms with Crippen LogP contribution in [0.3, 0.4) is 0 Å². The van der Waals surface area contributed by atoms with Crippen LogP contribution in [-0.4, -0.2) is 25.5 Å². The molecule has 2 atom stereocenters. The molecule has 0 fully saturated rings. The predicted octanol–water partition coefficient (Wildman–Crippen LogP) is 2.33. The molecular formula is C17H20N4O. The maximum absolute atomic E-state index is 10.3. The van der Waals surface area contributed by atoms with E-state index >= 15 is 0 Å². The van der Waals surface area contributed by atoms with E-state index < -0.39 is 6.10 Å². The Balaban J connectivity index is 1.57. The summed E-state index contributed by atoms with van der Waals surface area (Å²) in [4.78, 5) is 8.47. The molecule has 2 aromatic heterocycles. The van der Waals surface area contributed by atoms with E-state index in [0.29, 0.717) is 18.7 Å². The summed E-state index contributed by atoms with van der Waals surface area (Å²) >= 11 is 0. The maximum atomic E-state index is 10.3. The molecule has 0 radical (unpaired) electrons. The van der Waals surface area contributed by atoms with Crippen LogP contribution in [0.5, 0.6) is 0 Å². The summed E-state index contributed by atoms with van der Waals surface area (Å²) in [7, 11) is 0. The second kappa shape index (κ2) is 6.68. The minimum atomic E-state index is -0.451. The highest BCUT2D eigenvalue weighted by Gasteiger charge is 2.12. The standard InChI is InChI=1S/C17H20N4O/c1-13(10-16(22)14-6-3-2-4-7-14)19-11-15-12-20-17-18-8-5-9-21(15)17/h2-9,12-13,16,19,22H,10-11H2,1H3. The first-order valence-electron chi connectivity index (χ1n) is 7.47. The minimum absolute atomic E-state index is 0.192. The lowest BCUT2D eigenvalue weighted by atomic mass is 10.0. The Morgan fingerprint density at radius 1 is 1.18 bits per heavy atom. The summed E-state index contributed by atoms with van der Waals surface area (Å²) in [6.07, 6.45) is 5.73. The van der Waals surface area contributed by atoms with Gasteiger partial charge in [0.15, 0.2) is 0 Å². The largest absolute Gasteiger partial charge is 0.388 e. The van der Waals surface area contributed by atoms with E-state index in [1.807, 2.05) is 53.2 Å².